The largest absolute Gasteiger partial charge is 0.325 e. The van der Waals surface area contributed by atoms with Gasteiger partial charge in [0, 0.05) is 5.56 Å². The Balaban J connectivity index is 2.03. The van der Waals surface area contributed by atoms with E-state index >= 15 is 0 Å². The van der Waals surface area contributed by atoms with Gasteiger partial charge in [0.15, 0.2) is 0 Å². The van der Waals surface area contributed by atoms with Crippen LogP contribution in [-0.2, 0) is 9.59 Å². The number of H-pyrrole nitrogens is 1. The predicted molar refractivity (Wildman–Crippen MR) is 70.9 cm³/mol. The first-order chi connectivity index (χ1) is 9.37. The van der Waals surface area contributed by atoms with Gasteiger partial charge in [0.2, 0.25) is 5.91 Å². The Morgan fingerprint density at radius 1 is 1.50 bits per heavy atom. The van der Waals surface area contributed by atoms with Crippen LogP contribution in [0.4, 0.5) is 10.6 Å². The molecule has 8 nitrogen and oxygen atoms in total. The molecule has 0 radical (unpaired) electrons. The van der Waals surface area contributed by atoms with E-state index in [4.69, 9.17) is 0 Å². The highest BCUT2D eigenvalue weighted by atomic mass is 16.2. The molecule has 0 spiro atoms. The summed E-state index contributed by atoms with van der Waals surface area (Å²) in [4.78, 5) is 36.7. The summed E-state index contributed by atoms with van der Waals surface area (Å²) in [5.74, 6) is -0.386. The number of anilines is 1. The van der Waals surface area contributed by atoms with Crippen LogP contribution in [0.25, 0.3) is 0 Å². The molecular formula is C12H17N5O3. The molecule has 0 saturated carbocycles. The topological polar surface area (TPSA) is 107 Å². The summed E-state index contributed by atoms with van der Waals surface area (Å²) in [6, 6.07) is -0.546. The van der Waals surface area contributed by atoms with Crippen molar-refractivity contribution in [2.75, 3.05) is 11.9 Å². The number of nitrogens with zero attached hydrogens (tertiary/aromatic N) is 2. The SMILES string of the molecule is CCC1(C)NC(=O)N(CC(=O)Nc2[nH]ncc2C)C1=O. The van der Waals surface area contributed by atoms with Crippen molar-refractivity contribution in [2.24, 2.45) is 0 Å². The normalized spacial score (nSPS) is 22.1. The maximum absolute atomic E-state index is 12.1. The molecule has 2 rings (SSSR count). The van der Waals surface area contributed by atoms with Crippen LogP contribution in [0.2, 0.25) is 0 Å². The van der Waals surface area contributed by atoms with Gasteiger partial charge < -0.3 is 10.6 Å². The Labute approximate surface area is 115 Å². The van der Waals surface area contributed by atoms with Crippen molar-refractivity contribution in [1.29, 1.82) is 0 Å². The number of imide groups is 1. The highest BCUT2D eigenvalue weighted by Gasteiger charge is 2.46. The molecule has 1 saturated heterocycles. The van der Waals surface area contributed by atoms with Crippen molar-refractivity contribution in [2.45, 2.75) is 32.7 Å². The third kappa shape index (κ3) is 2.36. The van der Waals surface area contributed by atoms with Gasteiger partial charge in [-0.2, -0.15) is 5.10 Å². The molecule has 3 N–H and O–H groups in total. The van der Waals surface area contributed by atoms with E-state index in [1.54, 1.807) is 27.0 Å². The highest BCUT2D eigenvalue weighted by Crippen LogP contribution is 2.20. The standard InChI is InChI=1S/C12H17N5O3/c1-4-12(3)10(19)17(11(20)15-12)6-8(18)14-9-7(2)5-13-16-9/h5H,4,6H2,1-3H3,(H,15,20)(H2,13,14,16,18). The van der Waals surface area contributed by atoms with Gasteiger partial charge in [0.25, 0.3) is 5.91 Å². The first-order valence-electron chi connectivity index (χ1n) is 6.31. The molecule has 1 unspecified atom stereocenters. The van der Waals surface area contributed by atoms with Crippen LogP contribution in [-0.4, -0.2) is 45.0 Å². The van der Waals surface area contributed by atoms with Crippen molar-refractivity contribution >= 4 is 23.7 Å². The van der Waals surface area contributed by atoms with Crippen LogP contribution in [0, 0.1) is 6.92 Å². The summed E-state index contributed by atoms with van der Waals surface area (Å²) in [7, 11) is 0. The molecule has 0 bridgehead atoms. The van der Waals surface area contributed by atoms with Gasteiger partial charge in [-0.1, -0.05) is 6.92 Å². The van der Waals surface area contributed by atoms with Gasteiger partial charge >= 0.3 is 6.03 Å². The smallest absolute Gasteiger partial charge is 0.323 e. The van der Waals surface area contributed by atoms with Crippen molar-refractivity contribution < 1.29 is 14.4 Å². The number of aryl methyl sites for hydroxylation is 1. The fraction of sp³-hybridized carbons (Fsp3) is 0.500. The molecule has 1 aliphatic rings. The van der Waals surface area contributed by atoms with Gasteiger partial charge in [-0.25, -0.2) is 4.79 Å². The van der Waals surface area contributed by atoms with Crippen LogP contribution in [0.5, 0.6) is 0 Å². The monoisotopic (exact) mass is 279 g/mol. The van der Waals surface area contributed by atoms with Crippen molar-refractivity contribution in [3.63, 3.8) is 0 Å². The Bertz CT molecular complexity index is 567. The molecule has 1 aromatic rings. The number of amides is 4. The number of aromatic nitrogens is 2. The van der Waals surface area contributed by atoms with Gasteiger partial charge in [-0.3, -0.25) is 19.6 Å². The minimum absolute atomic E-state index is 0.321. The van der Waals surface area contributed by atoms with Gasteiger partial charge in [-0.15, -0.1) is 0 Å². The number of nitrogens with one attached hydrogen (secondary N) is 3. The molecule has 0 aliphatic carbocycles. The Kier molecular flexibility index (Phi) is 3.47. The van der Waals surface area contributed by atoms with Crippen molar-refractivity contribution in [3.8, 4) is 0 Å². The molecule has 1 atom stereocenters. The van der Waals surface area contributed by atoms with E-state index in [1.807, 2.05) is 0 Å². The lowest BCUT2D eigenvalue weighted by molar-refractivity contribution is -0.133. The Morgan fingerprint density at radius 2 is 2.20 bits per heavy atom. The van der Waals surface area contributed by atoms with E-state index < -0.39 is 17.5 Å². The molecule has 8 heteroatoms. The predicted octanol–water partition coefficient (Wildman–Crippen LogP) is 0.377. The molecule has 1 aliphatic heterocycles. The summed E-state index contributed by atoms with van der Waals surface area (Å²) in [6.07, 6.45) is 2.03. The zero-order valence-corrected chi connectivity index (χ0v) is 11.6. The maximum atomic E-state index is 12.1. The second kappa shape index (κ2) is 4.95. The zero-order chi connectivity index (χ0) is 14.9. The van der Waals surface area contributed by atoms with E-state index in [2.05, 4.69) is 20.8 Å². The maximum Gasteiger partial charge on any atom is 0.325 e. The number of urea groups is 1. The summed E-state index contributed by atoms with van der Waals surface area (Å²) in [5, 5.41) is 11.6. The third-order valence-corrected chi connectivity index (χ3v) is 3.45. The summed E-state index contributed by atoms with van der Waals surface area (Å²) in [5.41, 5.74) is -0.157. The number of hydrogen-bond donors (Lipinski definition) is 3. The third-order valence-electron chi connectivity index (χ3n) is 3.45. The lowest BCUT2D eigenvalue weighted by Crippen LogP contribution is -2.44. The van der Waals surface area contributed by atoms with Crippen LogP contribution in [0.3, 0.4) is 0 Å². The average Bonchev–Trinajstić information content (AvgIpc) is 2.88. The molecular weight excluding hydrogens is 262 g/mol. The second-order valence-electron chi connectivity index (χ2n) is 4.98. The fourth-order valence-electron chi connectivity index (χ4n) is 1.93. The fourth-order valence-corrected chi connectivity index (χ4v) is 1.93. The number of hydrogen-bond acceptors (Lipinski definition) is 4. The number of aromatic amines is 1. The molecule has 4 amide bonds. The van der Waals surface area contributed by atoms with E-state index in [1.165, 1.54) is 0 Å². The van der Waals surface area contributed by atoms with Crippen molar-refractivity contribution in [3.05, 3.63) is 11.8 Å². The van der Waals surface area contributed by atoms with Gasteiger partial charge in [0.1, 0.15) is 17.9 Å². The van der Waals surface area contributed by atoms with Crippen molar-refractivity contribution in [1.82, 2.24) is 20.4 Å². The molecule has 108 valence electrons. The first-order valence-corrected chi connectivity index (χ1v) is 6.31. The molecule has 20 heavy (non-hydrogen) atoms. The van der Waals surface area contributed by atoms with Gasteiger partial charge in [0.05, 0.1) is 6.20 Å². The van der Waals surface area contributed by atoms with E-state index in [0.29, 0.717) is 12.2 Å². The van der Waals surface area contributed by atoms with E-state index in [0.717, 1.165) is 10.5 Å². The lowest BCUT2D eigenvalue weighted by Gasteiger charge is -2.19. The zero-order valence-electron chi connectivity index (χ0n) is 11.6. The highest BCUT2D eigenvalue weighted by molar-refractivity contribution is 6.09. The lowest BCUT2D eigenvalue weighted by atomic mass is 9.99. The Morgan fingerprint density at radius 3 is 2.70 bits per heavy atom. The van der Waals surface area contributed by atoms with Crippen LogP contribution < -0.4 is 10.6 Å². The summed E-state index contributed by atoms with van der Waals surface area (Å²) in [6.45, 7) is 4.90. The summed E-state index contributed by atoms with van der Waals surface area (Å²) < 4.78 is 0. The summed E-state index contributed by atoms with van der Waals surface area (Å²) >= 11 is 0. The molecule has 1 fully saturated rings. The van der Waals surface area contributed by atoms with E-state index in [-0.39, 0.29) is 12.5 Å². The number of carbonyl (C=O) groups is 3. The minimum atomic E-state index is -0.929. The number of carbonyl (C=O) groups excluding carboxylic acids is 3. The van der Waals surface area contributed by atoms with Gasteiger partial charge in [-0.05, 0) is 20.3 Å². The van der Waals surface area contributed by atoms with Crippen LogP contribution >= 0.6 is 0 Å². The average molecular weight is 279 g/mol. The molecule has 1 aromatic heterocycles. The molecule has 2 heterocycles. The number of rotatable bonds is 4. The Hall–Kier alpha value is -2.38. The van der Waals surface area contributed by atoms with Crippen LogP contribution in [0.1, 0.15) is 25.8 Å². The molecule has 0 aromatic carbocycles. The quantitative estimate of drug-likeness (QED) is 0.692. The minimum Gasteiger partial charge on any atom is -0.323 e. The second-order valence-corrected chi connectivity index (χ2v) is 4.98. The first kappa shape index (κ1) is 14.0. The van der Waals surface area contributed by atoms with E-state index in [9.17, 15) is 14.4 Å². The van der Waals surface area contributed by atoms with Crippen LogP contribution in [0.15, 0.2) is 6.20 Å².